The van der Waals surface area contributed by atoms with Crippen molar-refractivity contribution in [2.45, 2.75) is 11.9 Å². The van der Waals surface area contributed by atoms with Gasteiger partial charge < -0.3 is 10.0 Å². The van der Waals surface area contributed by atoms with E-state index < -0.39 is 0 Å². The number of oxime groups is 2. The third kappa shape index (κ3) is 3.69. The molecule has 0 amide bonds. The van der Waals surface area contributed by atoms with Crippen LogP contribution in [0, 0.1) is 0 Å². The highest BCUT2D eigenvalue weighted by molar-refractivity contribution is 8.41. The Bertz CT molecular complexity index is 276. The molecular formula is C7H10N2O2S4. The maximum Gasteiger partial charge on any atom is 0.180 e. The first kappa shape index (κ1) is 11.8. The van der Waals surface area contributed by atoms with E-state index in [0.29, 0.717) is 4.38 Å². The van der Waals surface area contributed by atoms with Gasteiger partial charge in [-0.2, -0.15) is 0 Å². The van der Waals surface area contributed by atoms with Crippen molar-refractivity contribution < 1.29 is 10.0 Å². The molecule has 0 bridgehead atoms. The summed E-state index contributed by atoms with van der Waals surface area (Å²) in [5, 5.41) is 15.9. The molecule has 2 saturated heterocycles. The minimum atomic E-state index is -0.00792. The monoisotopic (exact) mass is 282 g/mol. The highest BCUT2D eigenvalue weighted by Crippen LogP contribution is 2.33. The van der Waals surface area contributed by atoms with Crippen LogP contribution in [0.4, 0.5) is 0 Å². The summed E-state index contributed by atoms with van der Waals surface area (Å²) in [6, 6.07) is 0. The highest BCUT2D eigenvalue weighted by Gasteiger charge is 2.22. The van der Waals surface area contributed by atoms with E-state index >= 15 is 0 Å². The van der Waals surface area contributed by atoms with Crippen LogP contribution in [-0.4, -0.2) is 36.7 Å². The van der Waals surface area contributed by atoms with Crippen LogP contribution in [-0.2, 0) is 4.84 Å². The first-order valence-electron chi connectivity index (χ1n) is 4.39. The van der Waals surface area contributed by atoms with Gasteiger partial charge in [-0.1, -0.05) is 45.6 Å². The van der Waals surface area contributed by atoms with Crippen LogP contribution in [0.25, 0.3) is 0 Å². The van der Waals surface area contributed by atoms with Crippen molar-refractivity contribution >= 4 is 55.8 Å². The molecule has 2 aliphatic heterocycles. The Kier molecular flexibility index (Phi) is 4.86. The Morgan fingerprint density at radius 3 is 2.60 bits per heavy atom. The molecule has 1 atom stereocenters. The molecule has 2 aliphatic rings. The fourth-order valence-electron chi connectivity index (χ4n) is 1.03. The first-order chi connectivity index (χ1) is 7.38. The van der Waals surface area contributed by atoms with Crippen molar-refractivity contribution in [1.82, 2.24) is 0 Å². The molecule has 4 nitrogen and oxygen atoms in total. The average molecular weight is 282 g/mol. The molecule has 0 aromatic heterocycles. The van der Waals surface area contributed by atoms with Crippen molar-refractivity contribution in [2.75, 3.05) is 17.3 Å². The lowest BCUT2D eigenvalue weighted by Crippen LogP contribution is -2.14. The van der Waals surface area contributed by atoms with Crippen LogP contribution in [0.15, 0.2) is 10.3 Å². The second kappa shape index (κ2) is 6.17. The molecule has 1 N–H and O–H groups in total. The number of hydrogen-bond donors (Lipinski definition) is 1. The Morgan fingerprint density at radius 2 is 1.87 bits per heavy atom. The van der Waals surface area contributed by atoms with Crippen LogP contribution < -0.4 is 0 Å². The fourth-order valence-corrected chi connectivity index (χ4v) is 5.22. The molecule has 0 aromatic rings. The molecule has 0 saturated carbocycles. The van der Waals surface area contributed by atoms with E-state index in [1.54, 1.807) is 35.3 Å². The van der Waals surface area contributed by atoms with Gasteiger partial charge in [0.05, 0.1) is 0 Å². The van der Waals surface area contributed by atoms with Crippen LogP contribution in [0.1, 0.15) is 6.42 Å². The van der Waals surface area contributed by atoms with Gasteiger partial charge in [-0.15, -0.1) is 0 Å². The van der Waals surface area contributed by atoms with Gasteiger partial charge in [0.1, 0.15) is 0 Å². The second-order valence-corrected chi connectivity index (χ2v) is 7.63. The van der Waals surface area contributed by atoms with Gasteiger partial charge in [0, 0.05) is 23.7 Å². The molecule has 0 aromatic carbocycles. The molecule has 2 fully saturated rings. The SMILES string of the molecule is ON=C1SCCC(ON=C2SCCS2)S1. The van der Waals surface area contributed by atoms with Crippen molar-refractivity contribution in [3.63, 3.8) is 0 Å². The summed E-state index contributed by atoms with van der Waals surface area (Å²) in [6.07, 6.45) is 0.931. The molecule has 2 rings (SSSR count). The Labute approximate surface area is 105 Å². The van der Waals surface area contributed by atoms with Crippen molar-refractivity contribution in [3.8, 4) is 0 Å². The molecule has 0 aliphatic carbocycles. The number of hydrogen-bond acceptors (Lipinski definition) is 8. The third-order valence-corrected chi connectivity index (χ3v) is 6.38. The normalized spacial score (nSPS) is 29.5. The molecule has 8 heteroatoms. The summed E-state index contributed by atoms with van der Waals surface area (Å²) in [6.45, 7) is 0. The van der Waals surface area contributed by atoms with Crippen molar-refractivity contribution in [1.29, 1.82) is 0 Å². The fraction of sp³-hybridized carbons (Fsp3) is 0.714. The summed E-state index contributed by atoms with van der Waals surface area (Å²) in [7, 11) is 0. The minimum absolute atomic E-state index is 0.00792. The minimum Gasteiger partial charge on any atom is -0.410 e. The molecule has 0 spiro atoms. The van der Waals surface area contributed by atoms with Crippen molar-refractivity contribution in [2.24, 2.45) is 10.3 Å². The van der Waals surface area contributed by atoms with E-state index in [2.05, 4.69) is 10.3 Å². The molecule has 84 valence electrons. The predicted molar refractivity (Wildman–Crippen MR) is 71.1 cm³/mol. The lowest BCUT2D eigenvalue weighted by molar-refractivity contribution is 0.122. The zero-order valence-corrected chi connectivity index (χ0v) is 11.1. The maximum absolute atomic E-state index is 8.64. The summed E-state index contributed by atoms with van der Waals surface area (Å²) in [4.78, 5) is 5.40. The smallest absolute Gasteiger partial charge is 0.180 e. The molecule has 1 unspecified atom stereocenters. The van der Waals surface area contributed by atoms with E-state index in [1.165, 1.54) is 11.8 Å². The van der Waals surface area contributed by atoms with Gasteiger partial charge in [-0.3, -0.25) is 0 Å². The summed E-state index contributed by atoms with van der Waals surface area (Å²) in [5.74, 6) is 3.15. The third-order valence-electron chi connectivity index (χ3n) is 1.67. The zero-order valence-electron chi connectivity index (χ0n) is 7.79. The van der Waals surface area contributed by atoms with Crippen molar-refractivity contribution in [3.05, 3.63) is 0 Å². The van der Waals surface area contributed by atoms with E-state index in [-0.39, 0.29) is 5.44 Å². The number of nitrogens with zero attached hydrogens (tertiary/aromatic N) is 2. The van der Waals surface area contributed by atoms with Gasteiger partial charge in [0.25, 0.3) is 0 Å². The van der Waals surface area contributed by atoms with Crippen LogP contribution in [0.5, 0.6) is 0 Å². The number of thioether (sulfide) groups is 4. The predicted octanol–water partition coefficient (Wildman–Crippen LogP) is 2.70. The van der Waals surface area contributed by atoms with Crippen LogP contribution >= 0.6 is 47.0 Å². The Morgan fingerprint density at radius 1 is 1.13 bits per heavy atom. The largest absolute Gasteiger partial charge is 0.410 e. The molecule has 15 heavy (non-hydrogen) atoms. The molecular weight excluding hydrogens is 272 g/mol. The Hall–Kier alpha value is 0.340. The Balaban J connectivity index is 1.81. The zero-order chi connectivity index (χ0) is 10.5. The molecule has 0 radical (unpaired) electrons. The topological polar surface area (TPSA) is 54.2 Å². The first-order valence-corrected chi connectivity index (χ1v) is 8.23. The van der Waals surface area contributed by atoms with Gasteiger partial charge in [-0.25, -0.2) is 0 Å². The second-order valence-electron chi connectivity index (χ2n) is 2.71. The van der Waals surface area contributed by atoms with Crippen LogP contribution in [0.2, 0.25) is 0 Å². The van der Waals surface area contributed by atoms with Gasteiger partial charge in [0.2, 0.25) is 0 Å². The van der Waals surface area contributed by atoms with E-state index in [1.807, 2.05) is 0 Å². The van der Waals surface area contributed by atoms with E-state index in [4.69, 9.17) is 10.0 Å². The summed E-state index contributed by atoms with van der Waals surface area (Å²) >= 11 is 6.44. The average Bonchev–Trinajstić information content (AvgIpc) is 2.79. The maximum atomic E-state index is 8.64. The number of rotatable bonds is 2. The summed E-state index contributed by atoms with van der Waals surface area (Å²) < 4.78 is 1.68. The standard InChI is InChI=1S/C7H10N2O2S4/c10-8-6-12-2-1-5(15-6)11-9-7-13-3-4-14-7/h5,10H,1-4H2. The van der Waals surface area contributed by atoms with Gasteiger partial charge in [-0.05, 0) is 11.8 Å². The molecule has 2 heterocycles. The summed E-state index contributed by atoms with van der Waals surface area (Å²) in [5.41, 5.74) is -0.00792. The van der Waals surface area contributed by atoms with Crippen LogP contribution in [0.3, 0.4) is 0 Å². The van der Waals surface area contributed by atoms with Gasteiger partial charge >= 0.3 is 0 Å². The quantitative estimate of drug-likeness (QED) is 0.621. The van der Waals surface area contributed by atoms with E-state index in [0.717, 1.165) is 28.1 Å². The lowest BCUT2D eigenvalue weighted by atomic mass is 10.5. The van der Waals surface area contributed by atoms with Gasteiger partial charge in [0.15, 0.2) is 14.2 Å². The lowest BCUT2D eigenvalue weighted by Gasteiger charge is -2.18. The van der Waals surface area contributed by atoms with E-state index in [9.17, 15) is 0 Å². The highest BCUT2D eigenvalue weighted by atomic mass is 32.2.